The van der Waals surface area contributed by atoms with E-state index in [-0.39, 0.29) is 18.2 Å². The van der Waals surface area contributed by atoms with Gasteiger partial charge in [-0.2, -0.15) is 0 Å². The molecule has 1 aromatic heterocycles. The van der Waals surface area contributed by atoms with Crippen molar-refractivity contribution in [3.05, 3.63) is 53.7 Å². The van der Waals surface area contributed by atoms with Crippen LogP contribution < -0.4 is 9.47 Å². The van der Waals surface area contributed by atoms with Crippen LogP contribution in [-0.4, -0.2) is 58.3 Å². The summed E-state index contributed by atoms with van der Waals surface area (Å²) in [5.41, 5.74) is 1.89. The summed E-state index contributed by atoms with van der Waals surface area (Å²) in [6, 6.07) is 12.9. The lowest BCUT2D eigenvalue weighted by Crippen LogP contribution is -2.49. The van der Waals surface area contributed by atoms with Crippen molar-refractivity contribution in [2.24, 2.45) is 0 Å². The number of amides is 1. The summed E-state index contributed by atoms with van der Waals surface area (Å²) in [6.07, 6.45) is 2.40. The average molecular weight is 424 g/mol. The molecule has 0 aliphatic carbocycles. The van der Waals surface area contributed by atoms with Gasteiger partial charge in [0.15, 0.2) is 11.9 Å². The van der Waals surface area contributed by atoms with Crippen molar-refractivity contribution in [2.45, 2.75) is 57.5 Å². The third kappa shape index (κ3) is 4.19. The van der Waals surface area contributed by atoms with Gasteiger partial charge in [0.1, 0.15) is 12.2 Å². The van der Waals surface area contributed by atoms with Gasteiger partial charge in [-0.15, -0.1) is 0 Å². The Labute approximate surface area is 182 Å². The maximum Gasteiger partial charge on any atom is 0.410 e. The third-order valence-electron chi connectivity index (χ3n) is 6.10. The van der Waals surface area contributed by atoms with Gasteiger partial charge in [-0.1, -0.05) is 24.3 Å². The van der Waals surface area contributed by atoms with E-state index in [0.717, 1.165) is 31.6 Å². The van der Waals surface area contributed by atoms with Crippen molar-refractivity contribution in [1.82, 2.24) is 14.8 Å². The quantitative estimate of drug-likeness (QED) is 0.749. The first-order valence-corrected chi connectivity index (χ1v) is 10.9. The maximum atomic E-state index is 12.4. The highest BCUT2D eigenvalue weighted by Crippen LogP contribution is 2.35. The number of ether oxygens (including phenoxy) is 3. The SMILES string of the molecule is CC(C)(C)OC(=O)N1CC2CC1CN2Cc1ccc(C2COc3cccnc3O2)cc1. The molecule has 1 aromatic carbocycles. The summed E-state index contributed by atoms with van der Waals surface area (Å²) in [7, 11) is 0. The van der Waals surface area contributed by atoms with Gasteiger partial charge in [0.25, 0.3) is 5.88 Å². The Morgan fingerprint density at radius 3 is 2.68 bits per heavy atom. The van der Waals surface area contributed by atoms with Crippen LogP contribution in [0.5, 0.6) is 11.6 Å². The number of hydrogen-bond donors (Lipinski definition) is 0. The number of fused-ring (bicyclic) bond motifs is 3. The van der Waals surface area contributed by atoms with Crippen LogP contribution in [-0.2, 0) is 11.3 Å². The van der Waals surface area contributed by atoms with Gasteiger partial charge in [0.05, 0.1) is 0 Å². The van der Waals surface area contributed by atoms with Crippen LogP contribution in [0, 0.1) is 0 Å². The Balaban J connectivity index is 1.17. The van der Waals surface area contributed by atoms with Gasteiger partial charge in [0, 0.05) is 37.9 Å². The molecule has 2 aromatic rings. The zero-order chi connectivity index (χ0) is 21.6. The topological polar surface area (TPSA) is 64.1 Å². The van der Waals surface area contributed by atoms with E-state index in [1.54, 1.807) is 6.20 Å². The van der Waals surface area contributed by atoms with E-state index in [0.29, 0.717) is 24.3 Å². The number of aromatic nitrogens is 1. The molecule has 7 nitrogen and oxygen atoms in total. The van der Waals surface area contributed by atoms with Crippen LogP contribution in [0.1, 0.15) is 44.4 Å². The highest BCUT2D eigenvalue weighted by atomic mass is 16.6. The van der Waals surface area contributed by atoms with Gasteiger partial charge in [-0.05, 0) is 50.5 Å². The normalized spacial score (nSPS) is 25.0. The number of likely N-dealkylation sites (tertiary alicyclic amines) is 2. The molecule has 2 fully saturated rings. The van der Waals surface area contributed by atoms with E-state index in [1.165, 1.54) is 5.56 Å². The fraction of sp³-hybridized carbons (Fsp3) is 0.500. The number of piperazine rings is 1. The fourth-order valence-electron chi connectivity index (χ4n) is 4.63. The maximum absolute atomic E-state index is 12.4. The molecule has 4 heterocycles. The first-order valence-electron chi connectivity index (χ1n) is 10.9. The summed E-state index contributed by atoms with van der Waals surface area (Å²) in [6.45, 7) is 8.74. The zero-order valence-electron chi connectivity index (χ0n) is 18.3. The number of nitrogens with zero attached hydrogens (tertiary/aromatic N) is 3. The summed E-state index contributed by atoms with van der Waals surface area (Å²) >= 11 is 0. The molecule has 0 N–H and O–H groups in total. The van der Waals surface area contributed by atoms with Crippen molar-refractivity contribution < 1.29 is 19.0 Å². The fourth-order valence-corrected chi connectivity index (χ4v) is 4.63. The monoisotopic (exact) mass is 423 g/mol. The van der Waals surface area contributed by atoms with Crippen LogP contribution in [0.2, 0.25) is 0 Å². The highest BCUT2D eigenvalue weighted by Gasteiger charge is 2.46. The molecule has 2 bridgehead atoms. The van der Waals surface area contributed by atoms with Crippen molar-refractivity contribution in [1.29, 1.82) is 0 Å². The summed E-state index contributed by atoms with van der Waals surface area (Å²) in [4.78, 5) is 21.1. The summed E-state index contributed by atoms with van der Waals surface area (Å²) in [5.74, 6) is 1.24. The van der Waals surface area contributed by atoms with Crippen LogP contribution in [0.25, 0.3) is 0 Å². The van der Waals surface area contributed by atoms with Gasteiger partial charge in [-0.25, -0.2) is 9.78 Å². The Kier molecular flexibility index (Phi) is 5.01. The van der Waals surface area contributed by atoms with E-state index in [1.807, 2.05) is 37.8 Å². The van der Waals surface area contributed by atoms with Crippen molar-refractivity contribution >= 4 is 6.09 Å². The minimum absolute atomic E-state index is 0.151. The molecule has 7 heteroatoms. The number of pyridine rings is 1. The predicted octanol–water partition coefficient (Wildman–Crippen LogP) is 3.79. The van der Waals surface area contributed by atoms with Crippen molar-refractivity contribution in [3.8, 4) is 11.6 Å². The second-order valence-corrected chi connectivity index (χ2v) is 9.57. The lowest BCUT2D eigenvalue weighted by Gasteiger charge is -2.35. The predicted molar refractivity (Wildman–Crippen MR) is 115 cm³/mol. The van der Waals surface area contributed by atoms with Gasteiger partial charge in [0.2, 0.25) is 0 Å². The smallest absolute Gasteiger partial charge is 0.410 e. The van der Waals surface area contributed by atoms with E-state index >= 15 is 0 Å². The number of hydrogen-bond acceptors (Lipinski definition) is 6. The number of benzene rings is 1. The molecule has 5 rings (SSSR count). The molecule has 0 saturated carbocycles. The minimum Gasteiger partial charge on any atom is -0.484 e. The summed E-state index contributed by atoms with van der Waals surface area (Å²) < 4.78 is 17.4. The molecule has 3 unspecified atom stereocenters. The lowest BCUT2D eigenvalue weighted by molar-refractivity contribution is 0.0124. The largest absolute Gasteiger partial charge is 0.484 e. The van der Waals surface area contributed by atoms with E-state index in [2.05, 4.69) is 34.1 Å². The molecular formula is C24H29N3O4. The Morgan fingerprint density at radius 2 is 1.97 bits per heavy atom. The molecule has 1 amide bonds. The van der Waals surface area contributed by atoms with E-state index in [9.17, 15) is 4.79 Å². The summed E-state index contributed by atoms with van der Waals surface area (Å²) in [5, 5.41) is 0. The first-order chi connectivity index (χ1) is 14.9. The molecule has 0 radical (unpaired) electrons. The van der Waals surface area contributed by atoms with Gasteiger partial charge in [-0.3, -0.25) is 4.90 Å². The first kappa shape index (κ1) is 20.1. The lowest BCUT2D eigenvalue weighted by atomic mass is 10.1. The molecule has 0 spiro atoms. The molecule has 3 aliphatic heterocycles. The standard InChI is InChI=1S/C24H29N3O4/c1-24(2,3)31-23(28)27-14-18-11-19(27)13-26(18)12-16-6-8-17(9-7-16)21-15-29-20-5-4-10-25-22(20)30-21/h4-10,18-19,21H,11-15H2,1-3H3. The molecule has 2 saturated heterocycles. The van der Waals surface area contributed by atoms with E-state index < -0.39 is 5.60 Å². The van der Waals surface area contributed by atoms with Crippen LogP contribution in [0.3, 0.4) is 0 Å². The molecule has 3 atom stereocenters. The van der Waals surface area contributed by atoms with Crippen LogP contribution in [0.15, 0.2) is 42.6 Å². The number of carbonyl (C=O) groups is 1. The van der Waals surface area contributed by atoms with Crippen molar-refractivity contribution in [2.75, 3.05) is 19.7 Å². The van der Waals surface area contributed by atoms with Crippen LogP contribution >= 0.6 is 0 Å². The van der Waals surface area contributed by atoms with Crippen molar-refractivity contribution in [3.63, 3.8) is 0 Å². The Hall–Kier alpha value is -2.80. The molecule has 31 heavy (non-hydrogen) atoms. The highest BCUT2D eigenvalue weighted by molar-refractivity contribution is 5.69. The van der Waals surface area contributed by atoms with Crippen LogP contribution in [0.4, 0.5) is 4.79 Å². The Morgan fingerprint density at radius 1 is 1.16 bits per heavy atom. The second-order valence-electron chi connectivity index (χ2n) is 9.57. The average Bonchev–Trinajstić information content (AvgIpc) is 3.33. The van der Waals surface area contributed by atoms with Gasteiger partial charge < -0.3 is 19.1 Å². The zero-order valence-corrected chi connectivity index (χ0v) is 18.3. The number of carbonyl (C=O) groups excluding carboxylic acids is 1. The molecule has 164 valence electrons. The number of rotatable bonds is 3. The third-order valence-corrected chi connectivity index (χ3v) is 6.10. The second kappa shape index (κ2) is 7.71. The Bertz CT molecular complexity index is 956. The molecular weight excluding hydrogens is 394 g/mol. The van der Waals surface area contributed by atoms with Gasteiger partial charge >= 0.3 is 6.09 Å². The van der Waals surface area contributed by atoms with E-state index in [4.69, 9.17) is 14.2 Å². The molecule has 3 aliphatic rings. The minimum atomic E-state index is -0.453.